The highest BCUT2D eigenvalue weighted by molar-refractivity contribution is 8.01. The van der Waals surface area contributed by atoms with Crippen LogP contribution in [0.3, 0.4) is 0 Å². The van der Waals surface area contributed by atoms with Crippen molar-refractivity contribution in [3.8, 4) is 12.1 Å². The van der Waals surface area contributed by atoms with E-state index in [0.717, 1.165) is 9.35 Å². The second kappa shape index (κ2) is 6.39. The summed E-state index contributed by atoms with van der Waals surface area (Å²) in [4.78, 5) is 0. The number of thioether (sulfide) groups is 1. The third-order valence-corrected chi connectivity index (χ3v) is 3.84. The molecule has 1 atom stereocenters. The van der Waals surface area contributed by atoms with Crippen LogP contribution < -0.4 is 0 Å². The molecule has 0 aliphatic carbocycles. The lowest BCUT2D eigenvalue weighted by Gasteiger charge is -2.02. The zero-order chi connectivity index (χ0) is 11.1. The van der Waals surface area contributed by atoms with Crippen molar-refractivity contribution in [2.24, 2.45) is 5.92 Å². The van der Waals surface area contributed by atoms with Gasteiger partial charge >= 0.3 is 0 Å². The molecule has 0 saturated heterocycles. The van der Waals surface area contributed by atoms with Gasteiger partial charge in [-0.2, -0.15) is 10.5 Å². The summed E-state index contributed by atoms with van der Waals surface area (Å²) >= 11 is 3.07. The van der Waals surface area contributed by atoms with Crippen molar-refractivity contribution in [3.05, 3.63) is 5.01 Å². The number of aromatic nitrogens is 2. The van der Waals surface area contributed by atoms with Gasteiger partial charge < -0.3 is 0 Å². The van der Waals surface area contributed by atoms with E-state index in [1.54, 1.807) is 0 Å². The largest absolute Gasteiger partial charge is 0.198 e. The highest BCUT2D eigenvalue weighted by Crippen LogP contribution is 2.25. The predicted molar refractivity (Wildman–Crippen MR) is 59.3 cm³/mol. The minimum Gasteiger partial charge on any atom is -0.198 e. The van der Waals surface area contributed by atoms with Crippen molar-refractivity contribution >= 4 is 23.1 Å². The molecule has 1 unspecified atom stereocenters. The fourth-order valence-electron chi connectivity index (χ4n) is 0.933. The molecule has 0 radical (unpaired) electrons. The molecular formula is C9H10N4S2. The lowest BCUT2D eigenvalue weighted by molar-refractivity contribution is 0.685. The van der Waals surface area contributed by atoms with Crippen molar-refractivity contribution in [2.75, 3.05) is 5.75 Å². The molecule has 4 nitrogen and oxygen atoms in total. The van der Waals surface area contributed by atoms with E-state index in [0.29, 0.717) is 18.6 Å². The van der Waals surface area contributed by atoms with Gasteiger partial charge in [-0.3, -0.25) is 0 Å². The first-order valence-electron chi connectivity index (χ1n) is 4.45. The average molecular weight is 238 g/mol. The van der Waals surface area contributed by atoms with E-state index in [4.69, 9.17) is 10.5 Å². The van der Waals surface area contributed by atoms with Crippen molar-refractivity contribution in [3.63, 3.8) is 0 Å². The van der Waals surface area contributed by atoms with Gasteiger partial charge in [0.15, 0.2) is 4.34 Å². The molecule has 0 saturated carbocycles. The Morgan fingerprint density at radius 2 is 2.27 bits per heavy atom. The quantitative estimate of drug-likeness (QED) is 0.736. The van der Waals surface area contributed by atoms with Gasteiger partial charge in [0.05, 0.1) is 18.1 Å². The van der Waals surface area contributed by atoms with E-state index in [-0.39, 0.29) is 5.92 Å². The fraction of sp³-hybridized carbons (Fsp3) is 0.556. The Hall–Kier alpha value is -1.11. The standard InChI is InChI=1S/C9H10N4S2/c1-7-12-13-9(15-7)14-6-8(5-11)3-2-4-10/h8H,2-3,6H2,1H3. The van der Waals surface area contributed by atoms with Crippen molar-refractivity contribution in [2.45, 2.75) is 24.1 Å². The highest BCUT2D eigenvalue weighted by atomic mass is 32.2. The molecule has 0 spiro atoms. The van der Waals surface area contributed by atoms with Crippen molar-refractivity contribution in [1.82, 2.24) is 10.2 Å². The molecule has 1 aromatic rings. The Morgan fingerprint density at radius 1 is 1.47 bits per heavy atom. The zero-order valence-electron chi connectivity index (χ0n) is 8.30. The first kappa shape index (κ1) is 12.0. The number of aryl methyl sites for hydroxylation is 1. The van der Waals surface area contributed by atoms with E-state index in [1.807, 2.05) is 13.0 Å². The lowest BCUT2D eigenvalue weighted by atomic mass is 10.1. The SMILES string of the molecule is Cc1nnc(SCC(C#N)CCC#N)s1. The molecular weight excluding hydrogens is 228 g/mol. The van der Waals surface area contributed by atoms with Crippen LogP contribution in [0, 0.1) is 35.5 Å². The Balaban J connectivity index is 2.35. The minimum absolute atomic E-state index is 0.0705. The van der Waals surface area contributed by atoms with Gasteiger partial charge in [-0.05, 0) is 13.3 Å². The fourth-order valence-corrected chi connectivity index (χ4v) is 2.83. The molecule has 78 valence electrons. The van der Waals surface area contributed by atoms with Crippen LogP contribution in [0.4, 0.5) is 0 Å². The lowest BCUT2D eigenvalue weighted by Crippen LogP contribution is -1.99. The smallest absolute Gasteiger partial charge is 0.174 e. The Labute approximate surface area is 96.9 Å². The van der Waals surface area contributed by atoms with Crippen LogP contribution in [0.25, 0.3) is 0 Å². The third kappa shape index (κ3) is 4.28. The summed E-state index contributed by atoms with van der Waals surface area (Å²) in [5.74, 6) is 0.617. The maximum Gasteiger partial charge on any atom is 0.174 e. The van der Waals surface area contributed by atoms with Crippen LogP contribution in [-0.4, -0.2) is 16.0 Å². The summed E-state index contributed by atoms with van der Waals surface area (Å²) in [5.41, 5.74) is 0. The van der Waals surface area contributed by atoms with Gasteiger partial charge in [0, 0.05) is 12.2 Å². The normalized spacial score (nSPS) is 11.7. The third-order valence-electron chi connectivity index (χ3n) is 1.70. The molecule has 6 heteroatoms. The van der Waals surface area contributed by atoms with Gasteiger partial charge in [0.25, 0.3) is 0 Å². The van der Waals surface area contributed by atoms with Crippen LogP contribution in [0.2, 0.25) is 0 Å². The molecule has 1 heterocycles. The van der Waals surface area contributed by atoms with Crippen LogP contribution in [-0.2, 0) is 0 Å². The Bertz CT molecular complexity index is 388. The summed E-state index contributed by atoms with van der Waals surface area (Å²) < 4.78 is 0.893. The molecule has 0 aromatic carbocycles. The number of hydrogen-bond donors (Lipinski definition) is 0. The summed E-state index contributed by atoms with van der Waals surface area (Å²) in [6, 6.07) is 4.25. The highest BCUT2D eigenvalue weighted by Gasteiger charge is 2.09. The van der Waals surface area contributed by atoms with Gasteiger partial charge in [0.2, 0.25) is 0 Å². The van der Waals surface area contributed by atoms with E-state index < -0.39 is 0 Å². The summed E-state index contributed by atoms with van der Waals surface area (Å²) in [6.45, 7) is 1.90. The monoisotopic (exact) mass is 238 g/mol. The van der Waals surface area contributed by atoms with Crippen molar-refractivity contribution in [1.29, 1.82) is 10.5 Å². The number of nitriles is 2. The second-order valence-electron chi connectivity index (χ2n) is 2.92. The first-order chi connectivity index (χ1) is 7.26. The average Bonchev–Trinajstić information content (AvgIpc) is 2.65. The summed E-state index contributed by atoms with van der Waals surface area (Å²) in [6.07, 6.45) is 1.08. The van der Waals surface area contributed by atoms with Crippen molar-refractivity contribution < 1.29 is 0 Å². The van der Waals surface area contributed by atoms with Crippen LogP contribution in [0.1, 0.15) is 17.8 Å². The van der Waals surface area contributed by atoms with E-state index in [1.165, 1.54) is 23.1 Å². The molecule has 0 fully saturated rings. The van der Waals surface area contributed by atoms with Crippen LogP contribution in [0.15, 0.2) is 4.34 Å². The van der Waals surface area contributed by atoms with Gasteiger partial charge in [-0.1, -0.05) is 23.1 Å². The maximum atomic E-state index is 8.83. The Morgan fingerprint density at radius 3 is 2.80 bits per heavy atom. The van der Waals surface area contributed by atoms with Crippen LogP contribution in [0.5, 0.6) is 0 Å². The summed E-state index contributed by atoms with van der Waals surface area (Å²) in [7, 11) is 0. The number of nitrogens with zero attached hydrogens (tertiary/aromatic N) is 4. The molecule has 1 aromatic heterocycles. The first-order valence-corrected chi connectivity index (χ1v) is 6.26. The predicted octanol–water partition coefficient (Wildman–Crippen LogP) is 2.38. The minimum atomic E-state index is -0.0705. The maximum absolute atomic E-state index is 8.83. The number of rotatable bonds is 5. The molecule has 0 aliphatic heterocycles. The Kier molecular flexibility index (Phi) is 5.09. The van der Waals surface area contributed by atoms with E-state index >= 15 is 0 Å². The van der Waals surface area contributed by atoms with Gasteiger partial charge in [-0.15, -0.1) is 10.2 Å². The molecule has 0 amide bonds. The molecule has 0 bridgehead atoms. The van der Waals surface area contributed by atoms with Gasteiger partial charge in [-0.25, -0.2) is 0 Å². The number of hydrogen-bond acceptors (Lipinski definition) is 6. The molecule has 1 rings (SSSR count). The van der Waals surface area contributed by atoms with E-state index in [2.05, 4.69) is 16.3 Å². The topological polar surface area (TPSA) is 73.4 Å². The molecule has 15 heavy (non-hydrogen) atoms. The molecule has 0 N–H and O–H groups in total. The molecule has 0 aliphatic rings. The summed E-state index contributed by atoms with van der Waals surface area (Å²) in [5, 5.41) is 26.0. The zero-order valence-corrected chi connectivity index (χ0v) is 9.94. The van der Waals surface area contributed by atoms with Gasteiger partial charge in [0.1, 0.15) is 5.01 Å². The van der Waals surface area contributed by atoms with E-state index in [9.17, 15) is 0 Å². The second-order valence-corrected chi connectivity index (χ2v) is 5.37. The van der Waals surface area contributed by atoms with Crippen LogP contribution >= 0.6 is 23.1 Å².